The van der Waals surface area contributed by atoms with E-state index in [4.69, 9.17) is 9.47 Å². The number of pyridine rings is 1. The van der Waals surface area contributed by atoms with Crippen molar-refractivity contribution in [3.63, 3.8) is 0 Å². The van der Waals surface area contributed by atoms with Crippen LogP contribution in [-0.2, 0) is 9.53 Å². The average Bonchev–Trinajstić information content (AvgIpc) is 2.81. The number of benzene rings is 1. The predicted molar refractivity (Wildman–Crippen MR) is 120 cm³/mol. The lowest BCUT2D eigenvalue weighted by atomic mass is 9.99. The molecule has 0 radical (unpaired) electrons. The molecule has 0 saturated heterocycles. The van der Waals surface area contributed by atoms with Crippen LogP contribution < -0.4 is 4.74 Å². The summed E-state index contributed by atoms with van der Waals surface area (Å²) >= 11 is 0. The number of hydrogen-bond donors (Lipinski definition) is 1. The fourth-order valence-electron chi connectivity index (χ4n) is 3.77. The van der Waals surface area contributed by atoms with Crippen molar-refractivity contribution in [3.05, 3.63) is 47.9 Å². The Bertz CT molecular complexity index is 1000. The van der Waals surface area contributed by atoms with Gasteiger partial charge in [-0.05, 0) is 19.1 Å². The molecule has 0 bridgehead atoms. The van der Waals surface area contributed by atoms with Gasteiger partial charge in [-0.1, -0.05) is 25.1 Å². The summed E-state index contributed by atoms with van der Waals surface area (Å²) in [7, 11) is 3.11. The number of aliphatic hydroxyl groups excluding tert-OH is 1. The second kappa shape index (κ2) is 10.7. The molecule has 8 nitrogen and oxygen atoms in total. The number of carbonyl (C=O) groups excluding carboxylic acids is 2. The first-order valence-electron chi connectivity index (χ1n) is 10.8. The summed E-state index contributed by atoms with van der Waals surface area (Å²) in [6.07, 6.45) is 0.996. The predicted octanol–water partition coefficient (Wildman–Crippen LogP) is 2.21. The summed E-state index contributed by atoms with van der Waals surface area (Å²) < 4.78 is 25.4. The van der Waals surface area contributed by atoms with Crippen LogP contribution in [0.2, 0.25) is 0 Å². The third-order valence-corrected chi connectivity index (χ3v) is 5.85. The normalized spacial score (nSPS) is 19.2. The maximum atomic E-state index is 14.4. The fraction of sp³-hybridized carbons (Fsp3) is 0.458. The van der Waals surface area contributed by atoms with E-state index in [2.05, 4.69) is 4.98 Å². The highest BCUT2D eigenvalue weighted by atomic mass is 19.1. The number of carbonyl (C=O) groups is 2. The summed E-state index contributed by atoms with van der Waals surface area (Å²) in [6.45, 7) is 3.97. The first-order valence-corrected chi connectivity index (χ1v) is 10.8. The van der Waals surface area contributed by atoms with Crippen molar-refractivity contribution in [1.82, 2.24) is 14.8 Å². The number of amides is 2. The minimum Gasteiger partial charge on any atom is -0.472 e. The lowest BCUT2D eigenvalue weighted by molar-refractivity contribution is -0.135. The summed E-state index contributed by atoms with van der Waals surface area (Å²) in [6, 6.07) is 7.37. The van der Waals surface area contributed by atoms with Crippen LogP contribution in [-0.4, -0.2) is 84.3 Å². The highest BCUT2D eigenvalue weighted by Gasteiger charge is 2.34. The lowest BCUT2D eigenvalue weighted by Crippen LogP contribution is -2.50. The Balaban J connectivity index is 2.02. The van der Waals surface area contributed by atoms with Gasteiger partial charge in [0.25, 0.3) is 5.91 Å². The Hall–Kier alpha value is -3.04. The standard InChI is InChI=1S/C24H30FN3O5/c1-15-11-28(16(2)13-29)24(31)19-9-17(18-7-5-6-8-20(18)25)10-26-23(19)33-21(15)12-27(3)22(30)14-32-4/h5-10,15-16,21,29H,11-14H2,1-4H3/t15-,16+,21+/m1/s1. The largest absolute Gasteiger partial charge is 0.472 e. The van der Waals surface area contributed by atoms with Crippen molar-refractivity contribution < 1.29 is 28.6 Å². The molecule has 2 aromatic rings. The van der Waals surface area contributed by atoms with Gasteiger partial charge in [0.05, 0.1) is 19.2 Å². The second-order valence-electron chi connectivity index (χ2n) is 8.39. The summed E-state index contributed by atoms with van der Waals surface area (Å²) in [5.41, 5.74) is 0.941. The lowest BCUT2D eigenvalue weighted by Gasteiger charge is -2.37. The van der Waals surface area contributed by atoms with E-state index in [9.17, 15) is 19.1 Å². The number of aliphatic hydroxyl groups is 1. The van der Waals surface area contributed by atoms with E-state index in [1.54, 1.807) is 43.1 Å². The first-order chi connectivity index (χ1) is 15.8. The van der Waals surface area contributed by atoms with E-state index in [0.717, 1.165) is 0 Å². The Morgan fingerprint density at radius 1 is 1.39 bits per heavy atom. The van der Waals surface area contributed by atoms with Crippen molar-refractivity contribution in [2.45, 2.75) is 26.0 Å². The van der Waals surface area contributed by atoms with E-state index in [0.29, 0.717) is 17.7 Å². The molecule has 9 heteroatoms. The molecule has 2 amide bonds. The van der Waals surface area contributed by atoms with Crippen molar-refractivity contribution in [2.24, 2.45) is 5.92 Å². The Kier molecular flexibility index (Phi) is 7.99. The SMILES string of the molecule is COCC(=O)N(C)C[C@@H]1Oc2ncc(-c3ccccc3F)cc2C(=O)N([C@@H](C)CO)C[C@H]1C. The van der Waals surface area contributed by atoms with Gasteiger partial charge in [0.1, 0.15) is 24.1 Å². The number of aromatic nitrogens is 1. The van der Waals surface area contributed by atoms with Crippen LogP contribution in [0, 0.1) is 11.7 Å². The van der Waals surface area contributed by atoms with Gasteiger partial charge in [0, 0.05) is 43.9 Å². The van der Waals surface area contributed by atoms with Crippen molar-refractivity contribution in [2.75, 3.05) is 40.5 Å². The van der Waals surface area contributed by atoms with Gasteiger partial charge in [-0.15, -0.1) is 0 Å². The van der Waals surface area contributed by atoms with Crippen LogP contribution in [0.4, 0.5) is 4.39 Å². The van der Waals surface area contributed by atoms with E-state index < -0.39 is 18.0 Å². The minimum atomic E-state index is -0.470. The van der Waals surface area contributed by atoms with Crippen LogP contribution in [0.25, 0.3) is 11.1 Å². The van der Waals surface area contributed by atoms with Crippen molar-refractivity contribution in [1.29, 1.82) is 0 Å². The van der Waals surface area contributed by atoms with Gasteiger partial charge < -0.3 is 24.4 Å². The van der Waals surface area contributed by atoms with E-state index >= 15 is 0 Å². The van der Waals surface area contributed by atoms with Crippen LogP contribution in [0.3, 0.4) is 0 Å². The molecule has 3 rings (SSSR count). The summed E-state index contributed by atoms with van der Waals surface area (Å²) in [5.74, 6) is -1.04. The van der Waals surface area contributed by atoms with Crippen molar-refractivity contribution in [3.8, 4) is 17.0 Å². The Labute approximate surface area is 192 Å². The number of ether oxygens (including phenoxy) is 2. The molecule has 0 saturated carbocycles. The van der Waals surface area contributed by atoms with Gasteiger partial charge in [0.15, 0.2) is 0 Å². The van der Waals surface area contributed by atoms with Crippen LogP contribution in [0.1, 0.15) is 24.2 Å². The summed E-state index contributed by atoms with van der Waals surface area (Å²) in [5, 5.41) is 9.76. The maximum absolute atomic E-state index is 14.4. The third-order valence-electron chi connectivity index (χ3n) is 5.85. The van der Waals surface area contributed by atoms with Gasteiger partial charge in [-0.25, -0.2) is 9.37 Å². The average molecular weight is 460 g/mol. The van der Waals surface area contributed by atoms with Gasteiger partial charge in [0.2, 0.25) is 11.8 Å². The van der Waals surface area contributed by atoms with Gasteiger partial charge in [-0.3, -0.25) is 9.59 Å². The smallest absolute Gasteiger partial charge is 0.259 e. The van der Waals surface area contributed by atoms with Gasteiger partial charge in [-0.2, -0.15) is 0 Å². The molecule has 33 heavy (non-hydrogen) atoms. The highest BCUT2D eigenvalue weighted by molar-refractivity contribution is 5.98. The first kappa shape index (κ1) is 24.6. The van der Waals surface area contributed by atoms with Gasteiger partial charge >= 0.3 is 0 Å². The zero-order chi connectivity index (χ0) is 24.1. The number of fused-ring (bicyclic) bond motifs is 1. The maximum Gasteiger partial charge on any atom is 0.259 e. The molecule has 3 atom stereocenters. The van der Waals surface area contributed by atoms with Crippen LogP contribution >= 0.6 is 0 Å². The number of likely N-dealkylation sites (N-methyl/N-ethyl adjacent to an activating group) is 1. The van der Waals surface area contributed by atoms with Crippen LogP contribution in [0.5, 0.6) is 5.88 Å². The molecule has 0 aliphatic carbocycles. The second-order valence-corrected chi connectivity index (χ2v) is 8.39. The third kappa shape index (κ3) is 5.48. The van der Waals surface area contributed by atoms with Crippen LogP contribution in [0.15, 0.2) is 36.5 Å². The Morgan fingerprint density at radius 3 is 2.79 bits per heavy atom. The molecule has 1 N–H and O–H groups in total. The molecule has 1 aliphatic rings. The number of rotatable bonds is 7. The number of hydrogen-bond acceptors (Lipinski definition) is 6. The molecule has 1 aliphatic heterocycles. The fourth-order valence-corrected chi connectivity index (χ4v) is 3.77. The molecule has 2 heterocycles. The molecule has 0 unspecified atom stereocenters. The summed E-state index contributed by atoms with van der Waals surface area (Å²) in [4.78, 5) is 33.1. The number of nitrogens with zero attached hydrogens (tertiary/aromatic N) is 3. The van der Waals surface area contributed by atoms with Crippen molar-refractivity contribution >= 4 is 11.8 Å². The molecular weight excluding hydrogens is 429 g/mol. The molecule has 0 spiro atoms. The molecule has 1 aromatic carbocycles. The zero-order valence-electron chi connectivity index (χ0n) is 19.3. The quantitative estimate of drug-likeness (QED) is 0.683. The highest BCUT2D eigenvalue weighted by Crippen LogP contribution is 2.31. The molecular formula is C24H30FN3O5. The molecule has 1 aromatic heterocycles. The minimum absolute atomic E-state index is 0.0510. The monoisotopic (exact) mass is 459 g/mol. The van der Waals surface area contributed by atoms with E-state index in [1.165, 1.54) is 24.3 Å². The number of halogens is 1. The van der Waals surface area contributed by atoms with E-state index in [1.807, 2.05) is 6.92 Å². The molecule has 0 fully saturated rings. The molecule has 178 valence electrons. The zero-order valence-corrected chi connectivity index (χ0v) is 19.3. The Morgan fingerprint density at radius 2 is 2.12 bits per heavy atom. The number of methoxy groups -OCH3 is 1. The van der Waals surface area contributed by atoms with E-state index in [-0.39, 0.29) is 48.9 Å². The topological polar surface area (TPSA) is 92.2 Å².